The number of aliphatic hydroxyl groups excluding tert-OH is 2. The lowest BCUT2D eigenvalue weighted by Gasteiger charge is -2.37. The number of hydrogen-bond donors (Lipinski definition) is 4. The molecule has 29 heavy (non-hydrogen) atoms. The van der Waals surface area contributed by atoms with Gasteiger partial charge in [0.1, 0.15) is 24.1 Å². The van der Waals surface area contributed by atoms with Crippen molar-refractivity contribution in [3.05, 3.63) is 40.0 Å². The average molecular weight is 409 g/mol. The molecule has 2 aromatic heterocycles. The zero-order valence-electron chi connectivity index (χ0n) is 15.2. The molecule has 0 aromatic carbocycles. The van der Waals surface area contributed by atoms with Crippen molar-refractivity contribution in [1.82, 2.24) is 20.0 Å². The van der Waals surface area contributed by atoms with Crippen LogP contribution in [0.15, 0.2) is 21.6 Å². The molecule has 1 aliphatic heterocycles. The molecule has 156 valence electrons. The van der Waals surface area contributed by atoms with E-state index in [1.54, 1.807) is 6.07 Å². The van der Waals surface area contributed by atoms with Crippen LogP contribution in [0.5, 0.6) is 0 Å². The summed E-state index contributed by atoms with van der Waals surface area (Å²) in [6.45, 7) is -0.391. The average Bonchev–Trinajstić information content (AvgIpc) is 3.42. The number of halogens is 1. The fourth-order valence-electron chi connectivity index (χ4n) is 3.17. The van der Waals surface area contributed by atoms with Crippen LogP contribution in [0.3, 0.4) is 0 Å². The molecule has 0 spiro atoms. The molecule has 4 atom stereocenters. The Hall–Kier alpha value is -2.83. The van der Waals surface area contributed by atoms with Gasteiger partial charge in [-0.1, -0.05) is 5.16 Å². The number of carbonyl (C=O) groups excluding carboxylic acids is 1. The summed E-state index contributed by atoms with van der Waals surface area (Å²) in [6, 6.07) is 0.644. The molecule has 0 unspecified atom stereocenters. The molecule has 11 nitrogen and oxygen atoms in total. The van der Waals surface area contributed by atoms with Crippen LogP contribution < -0.4 is 16.7 Å². The third kappa shape index (κ3) is 3.99. The van der Waals surface area contributed by atoms with E-state index in [1.165, 1.54) is 0 Å². The minimum Gasteiger partial charge on any atom is -0.388 e. The van der Waals surface area contributed by atoms with Gasteiger partial charge in [-0.2, -0.15) is 4.98 Å². The van der Waals surface area contributed by atoms with Crippen molar-refractivity contribution >= 4 is 11.7 Å². The highest BCUT2D eigenvalue weighted by atomic mass is 19.1. The van der Waals surface area contributed by atoms with Crippen LogP contribution in [0.25, 0.3) is 0 Å². The fourth-order valence-corrected chi connectivity index (χ4v) is 3.17. The minimum absolute atomic E-state index is 0.0747. The van der Waals surface area contributed by atoms with E-state index in [4.69, 9.17) is 15.0 Å². The van der Waals surface area contributed by atoms with Crippen molar-refractivity contribution in [2.45, 2.75) is 49.7 Å². The molecular formula is C17H20FN5O6. The van der Waals surface area contributed by atoms with Crippen LogP contribution in [-0.4, -0.2) is 61.8 Å². The van der Waals surface area contributed by atoms with Crippen LogP contribution in [0.2, 0.25) is 0 Å². The monoisotopic (exact) mass is 409 g/mol. The second-order valence-corrected chi connectivity index (χ2v) is 7.23. The van der Waals surface area contributed by atoms with Gasteiger partial charge < -0.3 is 30.5 Å². The Morgan fingerprint density at radius 1 is 1.38 bits per heavy atom. The topological polar surface area (TPSA) is 166 Å². The Morgan fingerprint density at radius 2 is 2.14 bits per heavy atom. The number of ether oxygens (including phenoxy) is 1. The Labute approximate surface area is 163 Å². The maximum atomic E-state index is 13.5. The Balaban J connectivity index is 1.39. The summed E-state index contributed by atoms with van der Waals surface area (Å²) in [6.07, 6.45) is -1.00. The molecule has 3 heterocycles. The molecule has 12 heteroatoms. The van der Waals surface area contributed by atoms with Crippen molar-refractivity contribution in [3.63, 3.8) is 0 Å². The lowest BCUT2D eigenvalue weighted by atomic mass is 9.97. The number of nitrogens with two attached hydrogens (primary N) is 1. The highest BCUT2D eigenvalue weighted by Gasteiger charge is 2.40. The number of aliphatic hydroxyl groups is 2. The lowest BCUT2D eigenvalue weighted by Crippen LogP contribution is -2.60. The molecular weight excluding hydrogens is 389 g/mol. The van der Waals surface area contributed by atoms with Crippen molar-refractivity contribution in [3.8, 4) is 0 Å². The SMILES string of the molecule is Nc1nc(=O)n(C[C@H]2OC[C@@H](NC(=O)c3cc(C4CC4)on3)[C@H](O)[C@@H]2O)cc1F. The zero-order valence-corrected chi connectivity index (χ0v) is 15.2. The first kappa shape index (κ1) is 19.5. The van der Waals surface area contributed by atoms with Gasteiger partial charge >= 0.3 is 5.69 Å². The second kappa shape index (κ2) is 7.54. The summed E-state index contributed by atoms with van der Waals surface area (Å²) in [5, 5.41) is 27.0. The molecule has 1 amide bonds. The van der Waals surface area contributed by atoms with Gasteiger partial charge in [-0.25, -0.2) is 9.18 Å². The fraction of sp³-hybridized carbons (Fsp3) is 0.529. The number of carbonyl (C=O) groups is 1. The van der Waals surface area contributed by atoms with E-state index in [1.807, 2.05) is 0 Å². The summed E-state index contributed by atoms with van der Waals surface area (Å²) >= 11 is 0. The Morgan fingerprint density at radius 3 is 2.86 bits per heavy atom. The maximum absolute atomic E-state index is 13.5. The van der Waals surface area contributed by atoms with E-state index < -0.39 is 47.6 Å². The van der Waals surface area contributed by atoms with Crippen LogP contribution in [-0.2, 0) is 11.3 Å². The molecule has 1 saturated heterocycles. The van der Waals surface area contributed by atoms with Crippen LogP contribution in [0, 0.1) is 5.82 Å². The van der Waals surface area contributed by atoms with Gasteiger partial charge in [0.15, 0.2) is 17.3 Å². The molecule has 1 saturated carbocycles. The number of nitrogens with one attached hydrogen (secondary N) is 1. The molecule has 2 aliphatic rings. The smallest absolute Gasteiger partial charge is 0.349 e. The third-order valence-electron chi connectivity index (χ3n) is 5.04. The van der Waals surface area contributed by atoms with E-state index >= 15 is 0 Å². The first-order chi connectivity index (χ1) is 13.8. The van der Waals surface area contributed by atoms with E-state index in [2.05, 4.69) is 15.5 Å². The van der Waals surface area contributed by atoms with E-state index in [0.717, 1.165) is 23.6 Å². The van der Waals surface area contributed by atoms with Crippen molar-refractivity contribution in [2.24, 2.45) is 0 Å². The maximum Gasteiger partial charge on any atom is 0.349 e. The lowest BCUT2D eigenvalue weighted by molar-refractivity contribution is -0.152. The molecule has 4 rings (SSSR count). The van der Waals surface area contributed by atoms with Crippen molar-refractivity contribution < 1.29 is 28.7 Å². The van der Waals surface area contributed by atoms with Gasteiger partial charge in [0.2, 0.25) is 0 Å². The summed E-state index contributed by atoms with van der Waals surface area (Å²) in [7, 11) is 0. The van der Waals surface area contributed by atoms with Crippen molar-refractivity contribution in [2.75, 3.05) is 12.3 Å². The summed E-state index contributed by atoms with van der Waals surface area (Å²) in [5.74, 6) is -1.05. The van der Waals surface area contributed by atoms with E-state index in [9.17, 15) is 24.2 Å². The highest BCUT2D eigenvalue weighted by molar-refractivity contribution is 5.92. The molecule has 2 fully saturated rings. The van der Waals surface area contributed by atoms with Crippen LogP contribution >= 0.6 is 0 Å². The summed E-state index contributed by atoms with van der Waals surface area (Å²) < 4.78 is 25.0. The molecule has 2 aromatic rings. The predicted octanol–water partition coefficient (Wildman–Crippen LogP) is -1.25. The van der Waals surface area contributed by atoms with Gasteiger partial charge in [0.05, 0.1) is 19.2 Å². The first-order valence-corrected chi connectivity index (χ1v) is 9.11. The molecule has 1 aliphatic carbocycles. The quantitative estimate of drug-likeness (QED) is 0.472. The first-order valence-electron chi connectivity index (χ1n) is 9.11. The minimum atomic E-state index is -1.44. The number of hydrogen-bond acceptors (Lipinski definition) is 9. The third-order valence-corrected chi connectivity index (χ3v) is 5.04. The van der Waals surface area contributed by atoms with E-state index in [0.29, 0.717) is 11.7 Å². The van der Waals surface area contributed by atoms with Gasteiger partial charge in [0, 0.05) is 18.2 Å². The van der Waals surface area contributed by atoms with Crippen LogP contribution in [0.4, 0.5) is 10.2 Å². The number of rotatable bonds is 5. The second-order valence-electron chi connectivity index (χ2n) is 7.23. The largest absolute Gasteiger partial charge is 0.388 e. The number of nitrogen functional groups attached to an aromatic ring is 1. The van der Waals surface area contributed by atoms with Crippen LogP contribution in [0.1, 0.15) is 35.0 Å². The van der Waals surface area contributed by atoms with E-state index in [-0.39, 0.29) is 18.8 Å². The number of nitrogens with zero attached hydrogens (tertiary/aromatic N) is 3. The van der Waals surface area contributed by atoms with Gasteiger partial charge in [-0.05, 0) is 12.8 Å². The standard InChI is InChI=1S/C17H20FN5O6/c18-8-4-23(17(27)21-15(8)19)5-12-14(25)13(24)10(6-28-12)20-16(26)9-3-11(29-22-9)7-1-2-7/h3-4,7,10,12-14,24-25H,1-2,5-6H2,(H,20,26)(H2,19,21,27)/t10-,12-,13+,14-/m1/s1. The Kier molecular flexibility index (Phi) is 5.06. The zero-order chi connectivity index (χ0) is 20.7. The predicted molar refractivity (Wildman–Crippen MR) is 94.4 cm³/mol. The van der Waals surface area contributed by atoms with Gasteiger partial charge in [0.25, 0.3) is 5.91 Å². The number of amides is 1. The normalized spacial score (nSPS) is 27.0. The summed E-state index contributed by atoms with van der Waals surface area (Å²) in [5.41, 5.74) is 4.49. The number of anilines is 1. The van der Waals surface area contributed by atoms with Gasteiger partial charge in [-0.3, -0.25) is 9.36 Å². The summed E-state index contributed by atoms with van der Waals surface area (Å²) in [4.78, 5) is 27.5. The molecule has 0 radical (unpaired) electrons. The van der Waals surface area contributed by atoms with Gasteiger partial charge in [-0.15, -0.1) is 0 Å². The molecule has 0 bridgehead atoms. The number of aromatic nitrogens is 3. The van der Waals surface area contributed by atoms with Crippen molar-refractivity contribution in [1.29, 1.82) is 0 Å². The highest BCUT2D eigenvalue weighted by Crippen LogP contribution is 2.40. The molecule has 5 N–H and O–H groups in total. The Bertz CT molecular complexity index is 973.